The van der Waals surface area contributed by atoms with Crippen molar-refractivity contribution < 1.29 is 23.5 Å². The summed E-state index contributed by atoms with van der Waals surface area (Å²) >= 11 is 0. The number of likely N-dealkylation sites (N-methyl/N-ethyl adjacent to an activating group) is 1. The molecule has 0 unspecified atom stereocenters. The maximum atomic E-state index is 12.9. The summed E-state index contributed by atoms with van der Waals surface area (Å²) in [7, 11) is 1.52. The topological polar surface area (TPSA) is 75.7 Å². The highest BCUT2D eigenvalue weighted by molar-refractivity contribution is 6.41. The van der Waals surface area contributed by atoms with Crippen LogP contribution in [0.5, 0.6) is 5.75 Å². The Morgan fingerprint density at radius 2 is 1.86 bits per heavy atom. The van der Waals surface area contributed by atoms with Gasteiger partial charge in [-0.3, -0.25) is 14.4 Å². The molecule has 0 aliphatic carbocycles. The third-order valence-corrected chi connectivity index (χ3v) is 3.86. The minimum Gasteiger partial charge on any atom is -0.497 e. The maximum Gasteiger partial charge on any atom is 0.294 e. The minimum atomic E-state index is -0.790. The molecule has 0 radical (unpaired) electrons. The van der Waals surface area contributed by atoms with Crippen LogP contribution in [0.25, 0.3) is 6.08 Å². The molecule has 0 saturated heterocycles. The Bertz CT molecular complexity index is 878. The van der Waals surface area contributed by atoms with Crippen LogP contribution in [0.3, 0.4) is 0 Å². The molecular weight excluding hydrogens is 363 g/mol. The van der Waals surface area contributed by atoms with E-state index in [-0.39, 0.29) is 13.1 Å². The quantitative estimate of drug-likeness (QED) is 0.561. The smallest absolute Gasteiger partial charge is 0.294 e. The third kappa shape index (κ3) is 6.05. The first-order valence-electron chi connectivity index (χ1n) is 8.63. The molecule has 2 rings (SSSR count). The lowest BCUT2D eigenvalue weighted by Gasteiger charge is -2.19. The second-order valence-corrected chi connectivity index (χ2v) is 5.85. The number of hydrogen-bond acceptors (Lipinski definition) is 4. The van der Waals surface area contributed by atoms with Crippen LogP contribution in [-0.2, 0) is 14.4 Å². The standard InChI is InChI=1S/C21H21FN2O4/c1-3-24(14-20(26)23-17-5-4-6-18(13-17)28-2)21(27)19(25)12-9-15-7-10-16(22)11-8-15/h4-13H,3,14H2,1-2H3,(H,23,26)/b12-9+. The number of nitrogens with zero attached hydrogens (tertiary/aromatic N) is 1. The van der Waals surface area contributed by atoms with Crippen molar-refractivity contribution in [2.75, 3.05) is 25.5 Å². The number of halogens is 1. The minimum absolute atomic E-state index is 0.195. The van der Waals surface area contributed by atoms with Crippen LogP contribution in [0.4, 0.5) is 10.1 Å². The number of ketones is 1. The van der Waals surface area contributed by atoms with Crippen molar-refractivity contribution in [3.05, 3.63) is 66.0 Å². The Balaban J connectivity index is 1.96. The number of rotatable bonds is 8. The third-order valence-electron chi connectivity index (χ3n) is 3.86. The molecule has 1 N–H and O–H groups in total. The molecule has 28 heavy (non-hydrogen) atoms. The zero-order valence-corrected chi connectivity index (χ0v) is 15.6. The van der Waals surface area contributed by atoms with Crippen LogP contribution in [-0.4, -0.2) is 42.7 Å². The van der Waals surface area contributed by atoms with Crippen LogP contribution < -0.4 is 10.1 Å². The summed E-state index contributed by atoms with van der Waals surface area (Å²) in [5, 5.41) is 2.66. The van der Waals surface area contributed by atoms with Crippen molar-refractivity contribution in [2.24, 2.45) is 0 Å². The van der Waals surface area contributed by atoms with Crippen LogP contribution >= 0.6 is 0 Å². The number of hydrogen-bond donors (Lipinski definition) is 1. The highest BCUT2D eigenvalue weighted by Crippen LogP contribution is 2.16. The van der Waals surface area contributed by atoms with Gasteiger partial charge in [0, 0.05) is 18.3 Å². The number of carbonyl (C=O) groups excluding carboxylic acids is 3. The van der Waals surface area contributed by atoms with Gasteiger partial charge in [0.1, 0.15) is 18.1 Å². The predicted octanol–water partition coefficient (Wildman–Crippen LogP) is 2.90. The number of methoxy groups -OCH3 is 1. The fourth-order valence-electron chi connectivity index (χ4n) is 2.37. The first-order chi connectivity index (χ1) is 13.4. The Hall–Kier alpha value is -3.48. The number of ether oxygens (including phenoxy) is 1. The van der Waals surface area contributed by atoms with E-state index >= 15 is 0 Å². The predicted molar refractivity (Wildman–Crippen MR) is 104 cm³/mol. The van der Waals surface area contributed by atoms with E-state index in [0.717, 1.165) is 11.0 Å². The van der Waals surface area contributed by atoms with Gasteiger partial charge in [0.15, 0.2) is 0 Å². The van der Waals surface area contributed by atoms with Crippen molar-refractivity contribution in [3.8, 4) is 5.75 Å². The lowest BCUT2D eigenvalue weighted by atomic mass is 10.2. The number of amides is 2. The molecule has 2 amide bonds. The van der Waals surface area contributed by atoms with Gasteiger partial charge in [0.2, 0.25) is 11.7 Å². The summed E-state index contributed by atoms with van der Waals surface area (Å²) in [6.07, 6.45) is 2.53. The van der Waals surface area contributed by atoms with Crippen LogP contribution in [0.15, 0.2) is 54.6 Å². The molecule has 0 saturated carbocycles. The average Bonchev–Trinajstić information content (AvgIpc) is 2.71. The van der Waals surface area contributed by atoms with Gasteiger partial charge in [0.05, 0.1) is 7.11 Å². The van der Waals surface area contributed by atoms with Gasteiger partial charge in [0.25, 0.3) is 5.91 Å². The van der Waals surface area contributed by atoms with E-state index in [9.17, 15) is 18.8 Å². The number of nitrogens with one attached hydrogen (secondary N) is 1. The highest BCUT2D eigenvalue weighted by atomic mass is 19.1. The molecule has 0 aliphatic rings. The fraction of sp³-hybridized carbons (Fsp3) is 0.190. The van der Waals surface area contributed by atoms with Gasteiger partial charge < -0.3 is 15.0 Å². The van der Waals surface area contributed by atoms with E-state index in [1.807, 2.05) is 0 Å². The Kier molecular flexibility index (Phi) is 7.45. The van der Waals surface area contributed by atoms with Crippen LogP contribution in [0, 0.1) is 5.82 Å². The lowest BCUT2D eigenvalue weighted by molar-refractivity contribution is -0.143. The summed E-state index contributed by atoms with van der Waals surface area (Å²) in [4.78, 5) is 37.8. The second-order valence-electron chi connectivity index (χ2n) is 5.85. The molecule has 0 fully saturated rings. The highest BCUT2D eigenvalue weighted by Gasteiger charge is 2.20. The number of carbonyl (C=O) groups is 3. The largest absolute Gasteiger partial charge is 0.497 e. The summed E-state index contributed by atoms with van der Waals surface area (Å²) in [6, 6.07) is 12.3. The van der Waals surface area contributed by atoms with Crippen molar-refractivity contribution in [3.63, 3.8) is 0 Å². The van der Waals surface area contributed by atoms with Crippen LogP contribution in [0.1, 0.15) is 12.5 Å². The van der Waals surface area contributed by atoms with Crippen molar-refractivity contribution in [2.45, 2.75) is 6.92 Å². The zero-order valence-electron chi connectivity index (χ0n) is 15.6. The van der Waals surface area contributed by atoms with Gasteiger partial charge in [-0.2, -0.15) is 0 Å². The summed E-state index contributed by atoms with van der Waals surface area (Å²) < 4.78 is 18.0. The summed E-state index contributed by atoms with van der Waals surface area (Å²) in [6.45, 7) is 1.61. The number of anilines is 1. The van der Waals surface area contributed by atoms with E-state index < -0.39 is 23.4 Å². The normalized spacial score (nSPS) is 10.5. The van der Waals surface area contributed by atoms with E-state index in [1.54, 1.807) is 31.2 Å². The molecule has 6 nitrogen and oxygen atoms in total. The van der Waals surface area contributed by atoms with Crippen molar-refractivity contribution in [1.29, 1.82) is 0 Å². The monoisotopic (exact) mass is 384 g/mol. The Labute approximate surface area is 162 Å². The molecule has 2 aromatic carbocycles. The Morgan fingerprint density at radius 3 is 2.50 bits per heavy atom. The summed E-state index contributed by atoms with van der Waals surface area (Å²) in [5.74, 6) is -1.79. The van der Waals surface area contributed by atoms with E-state index in [2.05, 4.69) is 5.32 Å². The second kappa shape index (κ2) is 10.0. The fourth-order valence-corrected chi connectivity index (χ4v) is 2.37. The Morgan fingerprint density at radius 1 is 1.14 bits per heavy atom. The van der Waals surface area contributed by atoms with Crippen molar-refractivity contribution >= 4 is 29.4 Å². The molecule has 0 aliphatic heterocycles. The first-order valence-corrected chi connectivity index (χ1v) is 8.63. The lowest BCUT2D eigenvalue weighted by Crippen LogP contribution is -2.41. The molecular formula is C21H21FN2O4. The van der Waals surface area contributed by atoms with Gasteiger partial charge >= 0.3 is 0 Å². The first kappa shape index (κ1) is 20.8. The van der Waals surface area contributed by atoms with Crippen molar-refractivity contribution in [1.82, 2.24) is 4.90 Å². The van der Waals surface area contributed by atoms with Gasteiger partial charge in [-0.15, -0.1) is 0 Å². The molecule has 2 aromatic rings. The van der Waals surface area contributed by atoms with Crippen LogP contribution in [0.2, 0.25) is 0 Å². The average molecular weight is 384 g/mol. The van der Waals surface area contributed by atoms with Gasteiger partial charge in [-0.05, 0) is 42.8 Å². The van der Waals surface area contributed by atoms with E-state index in [1.165, 1.54) is 37.5 Å². The molecule has 0 spiro atoms. The number of benzene rings is 2. The molecule has 7 heteroatoms. The molecule has 0 heterocycles. The zero-order chi connectivity index (χ0) is 20.5. The molecule has 146 valence electrons. The van der Waals surface area contributed by atoms with Gasteiger partial charge in [-0.25, -0.2) is 4.39 Å². The summed E-state index contributed by atoms with van der Waals surface area (Å²) in [5.41, 5.74) is 1.11. The van der Waals surface area contributed by atoms with E-state index in [0.29, 0.717) is 17.0 Å². The maximum absolute atomic E-state index is 12.9. The van der Waals surface area contributed by atoms with E-state index in [4.69, 9.17) is 4.74 Å². The molecule has 0 aromatic heterocycles. The SMILES string of the molecule is CCN(CC(=O)Nc1cccc(OC)c1)C(=O)C(=O)/C=C/c1ccc(F)cc1. The molecule has 0 atom stereocenters. The molecule has 0 bridgehead atoms. The van der Waals surface area contributed by atoms with Gasteiger partial charge in [-0.1, -0.05) is 24.3 Å².